The van der Waals surface area contributed by atoms with Crippen LogP contribution in [0.3, 0.4) is 0 Å². The fourth-order valence-electron chi connectivity index (χ4n) is 1.33. The summed E-state index contributed by atoms with van der Waals surface area (Å²) in [6.45, 7) is 3.90. The first kappa shape index (κ1) is 12.0. The molecule has 1 saturated carbocycles. The highest BCUT2D eigenvalue weighted by atomic mass is 16.4. The minimum Gasteiger partial charge on any atom is -0.481 e. The lowest BCUT2D eigenvalue weighted by molar-refractivity contribution is -0.140. The highest BCUT2D eigenvalue weighted by molar-refractivity contribution is 5.89. The fourth-order valence-corrected chi connectivity index (χ4v) is 1.33. The molecular weight excluding hydrogens is 198 g/mol. The molecule has 3 N–H and O–H groups in total. The van der Waals surface area contributed by atoms with Gasteiger partial charge in [0.05, 0.1) is 17.9 Å². The summed E-state index contributed by atoms with van der Waals surface area (Å²) in [7, 11) is 0. The summed E-state index contributed by atoms with van der Waals surface area (Å²) in [6, 6.07) is 0. The zero-order chi connectivity index (χ0) is 11.6. The van der Waals surface area contributed by atoms with Gasteiger partial charge in [-0.1, -0.05) is 13.8 Å². The number of aliphatic hydroxyl groups excluding tert-OH is 1. The minimum absolute atomic E-state index is 0.0831. The molecule has 86 valence electrons. The molecule has 1 aliphatic carbocycles. The topological polar surface area (TPSA) is 86.6 Å². The van der Waals surface area contributed by atoms with Crippen molar-refractivity contribution in [1.82, 2.24) is 5.32 Å². The van der Waals surface area contributed by atoms with Crippen molar-refractivity contribution in [3.63, 3.8) is 0 Å². The number of hydrogen-bond acceptors (Lipinski definition) is 3. The third-order valence-corrected chi connectivity index (χ3v) is 2.70. The number of hydrogen-bond donors (Lipinski definition) is 3. The molecule has 0 radical (unpaired) electrons. The summed E-state index contributed by atoms with van der Waals surface area (Å²) in [5, 5.41) is 20.6. The maximum absolute atomic E-state index is 11.4. The van der Waals surface area contributed by atoms with Crippen LogP contribution in [0, 0.1) is 17.8 Å². The second-order valence-corrected chi connectivity index (χ2v) is 4.34. The third-order valence-electron chi connectivity index (χ3n) is 2.70. The molecule has 1 unspecified atom stereocenters. The molecule has 5 heteroatoms. The predicted octanol–water partition coefficient (Wildman–Crippen LogP) is -0.160. The number of carboxylic acids is 1. The molecule has 1 fully saturated rings. The van der Waals surface area contributed by atoms with Gasteiger partial charge < -0.3 is 15.5 Å². The fraction of sp³-hybridized carbons (Fsp3) is 0.800. The van der Waals surface area contributed by atoms with Crippen LogP contribution < -0.4 is 5.32 Å². The second-order valence-electron chi connectivity index (χ2n) is 4.34. The van der Waals surface area contributed by atoms with Crippen molar-refractivity contribution >= 4 is 11.9 Å². The predicted molar refractivity (Wildman–Crippen MR) is 53.1 cm³/mol. The van der Waals surface area contributed by atoms with Crippen LogP contribution in [0.2, 0.25) is 0 Å². The van der Waals surface area contributed by atoms with Gasteiger partial charge >= 0.3 is 5.97 Å². The number of carboxylic acid groups (broad SMARTS) is 1. The van der Waals surface area contributed by atoms with E-state index in [1.165, 1.54) is 0 Å². The van der Waals surface area contributed by atoms with Crippen LogP contribution >= 0.6 is 0 Å². The quantitative estimate of drug-likeness (QED) is 0.594. The lowest BCUT2D eigenvalue weighted by atomic mass is 10.1. The van der Waals surface area contributed by atoms with E-state index in [1.54, 1.807) is 0 Å². The van der Waals surface area contributed by atoms with E-state index >= 15 is 0 Å². The summed E-state index contributed by atoms with van der Waals surface area (Å²) in [6.07, 6.45) is -0.158. The van der Waals surface area contributed by atoms with Gasteiger partial charge in [0.2, 0.25) is 5.91 Å². The molecule has 0 heterocycles. The van der Waals surface area contributed by atoms with Gasteiger partial charge in [-0.05, 0) is 12.3 Å². The number of carbonyl (C=O) groups is 2. The van der Waals surface area contributed by atoms with Crippen LogP contribution in [0.5, 0.6) is 0 Å². The van der Waals surface area contributed by atoms with E-state index < -0.39 is 23.9 Å². The van der Waals surface area contributed by atoms with Crippen molar-refractivity contribution in [1.29, 1.82) is 0 Å². The second kappa shape index (κ2) is 4.61. The molecule has 1 aliphatic rings. The molecule has 0 aliphatic heterocycles. The summed E-state index contributed by atoms with van der Waals surface area (Å²) in [4.78, 5) is 21.9. The van der Waals surface area contributed by atoms with E-state index in [0.717, 1.165) is 0 Å². The largest absolute Gasteiger partial charge is 0.481 e. The summed E-state index contributed by atoms with van der Waals surface area (Å²) in [5.41, 5.74) is 0. The molecule has 0 aromatic heterocycles. The first-order chi connectivity index (χ1) is 6.93. The maximum atomic E-state index is 11.4. The summed E-state index contributed by atoms with van der Waals surface area (Å²) >= 11 is 0. The number of carbonyl (C=O) groups excluding carboxylic acids is 1. The highest BCUT2D eigenvalue weighted by Gasteiger charge is 2.48. The lowest BCUT2D eigenvalue weighted by Gasteiger charge is -2.14. The smallest absolute Gasteiger partial charge is 0.307 e. The highest BCUT2D eigenvalue weighted by Crippen LogP contribution is 2.38. The Labute approximate surface area is 88.5 Å². The van der Waals surface area contributed by atoms with Crippen LogP contribution in [0.15, 0.2) is 0 Å². The number of nitrogens with one attached hydrogen (secondary N) is 1. The van der Waals surface area contributed by atoms with E-state index in [9.17, 15) is 14.7 Å². The Morgan fingerprint density at radius 3 is 2.40 bits per heavy atom. The van der Waals surface area contributed by atoms with Gasteiger partial charge in [0.15, 0.2) is 0 Å². The van der Waals surface area contributed by atoms with E-state index in [0.29, 0.717) is 6.42 Å². The van der Waals surface area contributed by atoms with E-state index in [4.69, 9.17) is 5.11 Å². The van der Waals surface area contributed by atoms with Gasteiger partial charge in [0.25, 0.3) is 0 Å². The molecular formula is C10H17NO4. The van der Waals surface area contributed by atoms with Gasteiger partial charge in [-0.3, -0.25) is 9.59 Å². The zero-order valence-corrected chi connectivity index (χ0v) is 8.93. The molecule has 0 aromatic rings. The average molecular weight is 215 g/mol. The third kappa shape index (κ3) is 3.20. The Balaban J connectivity index is 2.24. The van der Waals surface area contributed by atoms with Gasteiger partial charge in [-0.25, -0.2) is 0 Å². The minimum atomic E-state index is -0.917. The molecule has 3 atom stereocenters. The Morgan fingerprint density at radius 1 is 1.40 bits per heavy atom. The Morgan fingerprint density at radius 2 is 2.00 bits per heavy atom. The molecule has 1 rings (SSSR count). The number of aliphatic hydroxyl groups is 1. The number of rotatable bonds is 5. The average Bonchev–Trinajstić information content (AvgIpc) is 2.92. The SMILES string of the molecule is CC(C)C(O)CNC(=O)[C@@H]1C[C@@H]1C(=O)O. The molecule has 0 saturated heterocycles. The van der Waals surface area contributed by atoms with E-state index in [1.807, 2.05) is 13.8 Å². The van der Waals surface area contributed by atoms with Crippen LogP contribution in [-0.4, -0.2) is 34.7 Å². The van der Waals surface area contributed by atoms with Gasteiger partial charge in [-0.15, -0.1) is 0 Å². The summed E-state index contributed by atoms with van der Waals surface area (Å²) < 4.78 is 0. The van der Waals surface area contributed by atoms with Crippen LogP contribution in [-0.2, 0) is 9.59 Å². The van der Waals surface area contributed by atoms with Crippen molar-refractivity contribution < 1.29 is 19.8 Å². The monoisotopic (exact) mass is 215 g/mol. The first-order valence-electron chi connectivity index (χ1n) is 5.12. The van der Waals surface area contributed by atoms with Crippen molar-refractivity contribution in [2.45, 2.75) is 26.4 Å². The summed E-state index contributed by atoms with van der Waals surface area (Å²) in [5.74, 6) is -2.02. The normalized spacial score (nSPS) is 26.1. The zero-order valence-electron chi connectivity index (χ0n) is 8.93. The van der Waals surface area contributed by atoms with Gasteiger partial charge in [-0.2, -0.15) is 0 Å². The van der Waals surface area contributed by atoms with Crippen molar-refractivity contribution in [2.24, 2.45) is 17.8 Å². The van der Waals surface area contributed by atoms with Gasteiger partial charge in [0.1, 0.15) is 0 Å². The van der Waals surface area contributed by atoms with Gasteiger partial charge in [0, 0.05) is 6.54 Å². The van der Waals surface area contributed by atoms with Crippen molar-refractivity contribution in [2.75, 3.05) is 6.54 Å². The van der Waals surface area contributed by atoms with E-state index in [2.05, 4.69) is 5.32 Å². The molecule has 15 heavy (non-hydrogen) atoms. The molecule has 1 amide bonds. The van der Waals surface area contributed by atoms with Crippen molar-refractivity contribution in [3.05, 3.63) is 0 Å². The maximum Gasteiger partial charge on any atom is 0.307 e. The Hall–Kier alpha value is -1.10. The van der Waals surface area contributed by atoms with Crippen molar-refractivity contribution in [3.8, 4) is 0 Å². The standard InChI is InChI=1S/C10H17NO4/c1-5(2)8(12)4-11-9(13)6-3-7(6)10(14)15/h5-8,12H,3-4H2,1-2H3,(H,11,13)(H,14,15)/t6-,7+,8?/m1/s1. The van der Waals surface area contributed by atoms with E-state index in [-0.39, 0.29) is 18.4 Å². The molecule has 0 bridgehead atoms. The van der Waals surface area contributed by atoms with Crippen LogP contribution in [0.25, 0.3) is 0 Å². The van der Waals surface area contributed by atoms with Crippen LogP contribution in [0.1, 0.15) is 20.3 Å². The Kier molecular flexibility index (Phi) is 3.68. The number of amides is 1. The number of aliphatic carboxylic acids is 1. The molecule has 0 aromatic carbocycles. The van der Waals surface area contributed by atoms with Crippen LogP contribution in [0.4, 0.5) is 0 Å². The Bertz CT molecular complexity index is 264. The lowest BCUT2D eigenvalue weighted by Crippen LogP contribution is -2.36. The molecule has 5 nitrogen and oxygen atoms in total. The first-order valence-corrected chi connectivity index (χ1v) is 5.12. The molecule has 0 spiro atoms.